The SMILES string of the molecule is Cc1nnc(-c2ccc(C(=O)N3CCN(C)CC3c3ccccc3)c(N3CCC(C(C)C)C3)c2)[nH]1. The number of nitrogens with one attached hydrogen (secondary N) is 1. The summed E-state index contributed by atoms with van der Waals surface area (Å²) in [6.07, 6.45) is 1.15. The van der Waals surface area contributed by atoms with Crippen LogP contribution < -0.4 is 4.90 Å². The third-order valence-electron chi connectivity index (χ3n) is 7.64. The van der Waals surface area contributed by atoms with E-state index >= 15 is 0 Å². The molecule has 0 radical (unpaired) electrons. The first-order chi connectivity index (χ1) is 16.9. The predicted octanol–water partition coefficient (Wildman–Crippen LogP) is 4.39. The Morgan fingerprint density at radius 3 is 2.51 bits per heavy atom. The minimum atomic E-state index is 0.0360. The minimum absolute atomic E-state index is 0.0360. The van der Waals surface area contributed by atoms with E-state index in [0.717, 1.165) is 61.1 Å². The second-order valence-corrected chi connectivity index (χ2v) is 10.4. The number of piperazine rings is 1. The van der Waals surface area contributed by atoms with E-state index in [1.807, 2.05) is 25.1 Å². The number of amides is 1. The monoisotopic (exact) mass is 472 g/mol. The maximum absolute atomic E-state index is 14.2. The number of hydrogen-bond acceptors (Lipinski definition) is 5. The summed E-state index contributed by atoms with van der Waals surface area (Å²) in [6, 6.07) is 16.6. The fourth-order valence-corrected chi connectivity index (χ4v) is 5.43. The average Bonchev–Trinajstić information content (AvgIpc) is 3.53. The largest absolute Gasteiger partial charge is 0.371 e. The first-order valence-electron chi connectivity index (χ1n) is 12.7. The van der Waals surface area contributed by atoms with E-state index < -0.39 is 0 Å². The number of nitrogens with zero attached hydrogens (tertiary/aromatic N) is 5. The van der Waals surface area contributed by atoms with E-state index in [1.165, 1.54) is 5.56 Å². The van der Waals surface area contributed by atoms with Gasteiger partial charge in [-0.25, -0.2) is 0 Å². The number of H-pyrrole nitrogens is 1. The van der Waals surface area contributed by atoms with Crippen molar-refractivity contribution in [3.05, 3.63) is 65.5 Å². The van der Waals surface area contributed by atoms with E-state index in [0.29, 0.717) is 18.4 Å². The van der Waals surface area contributed by atoms with Crippen molar-refractivity contribution < 1.29 is 4.79 Å². The van der Waals surface area contributed by atoms with Gasteiger partial charge in [0.05, 0.1) is 17.3 Å². The van der Waals surface area contributed by atoms with Crippen molar-refractivity contribution in [2.75, 3.05) is 44.7 Å². The van der Waals surface area contributed by atoms with Gasteiger partial charge >= 0.3 is 0 Å². The van der Waals surface area contributed by atoms with E-state index in [4.69, 9.17) is 0 Å². The maximum atomic E-state index is 14.2. The zero-order valence-corrected chi connectivity index (χ0v) is 21.2. The Kier molecular flexibility index (Phi) is 6.60. The smallest absolute Gasteiger partial charge is 0.256 e. The summed E-state index contributed by atoms with van der Waals surface area (Å²) >= 11 is 0. The molecule has 0 saturated carbocycles. The molecule has 7 heteroatoms. The van der Waals surface area contributed by atoms with Crippen molar-refractivity contribution in [3.8, 4) is 11.4 Å². The third kappa shape index (κ3) is 4.82. The molecule has 2 saturated heterocycles. The predicted molar refractivity (Wildman–Crippen MR) is 139 cm³/mol. The molecule has 1 amide bonds. The van der Waals surface area contributed by atoms with Crippen LogP contribution in [0.3, 0.4) is 0 Å². The molecule has 0 bridgehead atoms. The van der Waals surface area contributed by atoms with Crippen molar-refractivity contribution in [1.29, 1.82) is 0 Å². The van der Waals surface area contributed by atoms with Crippen LogP contribution in [-0.4, -0.2) is 70.7 Å². The Morgan fingerprint density at radius 2 is 1.83 bits per heavy atom. The molecule has 2 fully saturated rings. The summed E-state index contributed by atoms with van der Waals surface area (Å²) in [7, 11) is 2.13. The van der Waals surface area contributed by atoms with Crippen LogP contribution >= 0.6 is 0 Å². The zero-order chi connectivity index (χ0) is 24.5. The van der Waals surface area contributed by atoms with Crippen molar-refractivity contribution in [1.82, 2.24) is 25.0 Å². The van der Waals surface area contributed by atoms with E-state index in [9.17, 15) is 4.79 Å². The highest BCUT2D eigenvalue weighted by molar-refractivity contribution is 6.01. The number of aromatic nitrogens is 3. The van der Waals surface area contributed by atoms with Crippen LogP contribution in [0.5, 0.6) is 0 Å². The van der Waals surface area contributed by atoms with Crippen LogP contribution in [0, 0.1) is 18.8 Å². The van der Waals surface area contributed by atoms with Crippen LogP contribution in [0.1, 0.15) is 48.1 Å². The van der Waals surface area contributed by atoms with Gasteiger partial charge in [0, 0.05) is 38.3 Å². The molecule has 184 valence electrons. The highest BCUT2D eigenvalue weighted by Crippen LogP contribution is 2.35. The summed E-state index contributed by atoms with van der Waals surface area (Å²) in [5, 5.41) is 8.43. The Morgan fingerprint density at radius 1 is 1.03 bits per heavy atom. The second-order valence-electron chi connectivity index (χ2n) is 10.4. The normalized spacial score (nSPS) is 21.2. The van der Waals surface area contributed by atoms with Gasteiger partial charge in [-0.2, -0.15) is 0 Å². The molecule has 3 heterocycles. The van der Waals surface area contributed by atoms with Gasteiger partial charge in [0.1, 0.15) is 5.82 Å². The Balaban J connectivity index is 1.53. The Bertz CT molecular complexity index is 1170. The van der Waals surface area contributed by atoms with Crippen LogP contribution in [0.25, 0.3) is 11.4 Å². The zero-order valence-electron chi connectivity index (χ0n) is 21.2. The van der Waals surface area contributed by atoms with Gasteiger partial charge < -0.3 is 19.7 Å². The number of rotatable bonds is 5. The summed E-state index contributed by atoms with van der Waals surface area (Å²) < 4.78 is 0. The third-order valence-corrected chi connectivity index (χ3v) is 7.64. The number of benzene rings is 2. The number of hydrogen-bond donors (Lipinski definition) is 1. The van der Waals surface area contributed by atoms with Gasteiger partial charge in [-0.15, -0.1) is 10.2 Å². The number of anilines is 1. The van der Waals surface area contributed by atoms with Crippen molar-refractivity contribution in [2.45, 2.75) is 33.2 Å². The lowest BCUT2D eigenvalue weighted by atomic mass is 9.95. The standard InChI is InChI=1S/C28H36N6O/c1-19(2)23-12-13-33(17-23)25-16-22(27-29-20(3)30-31-27)10-11-24(25)28(35)34-15-14-32(4)18-26(34)21-8-6-5-7-9-21/h5-11,16,19,23,26H,12-15,17-18H2,1-4H3,(H,29,30,31). The highest BCUT2D eigenvalue weighted by atomic mass is 16.2. The molecule has 0 aliphatic carbocycles. The van der Waals surface area contributed by atoms with Gasteiger partial charge in [0.15, 0.2) is 5.82 Å². The molecule has 0 spiro atoms. The molecule has 2 aromatic carbocycles. The van der Waals surface area contributed by atoms with Crippen molar-refractivity contribution in [3.63, 3.8) is 0 Å². The summed E-state index contributed by atoms with van der Waals surface area (Å²) in [5.41, 5.74) is 3.93. The van der Waals surface area contributed by atoms with E-state index in [-0.39, 0.29) is 11.9 Å². The fraction of sp³-hybridized carbons (Fsp3) is 0.464. The van der Waals surface area contributed by atoms with Crippen LogP contribution in [0.4, 0.5) is 5.69 Å². The second kappa shape index (κ2) is 9.82. The van der Waals surface area contributed by atoms with Crippen molar-refractivity contribution >= 4 is 11.6 Å². The van der Waals surface area contributed by atoms with Crippen LogP contribution in [0.15, 0.2) is 48.5 Å². The Hall–Kier alpha value is -3.19. The van der Waals surface area contributed by atoms with E-state index in [2.05, 4.69) is 81.1 Å². The molecule has 2 aliphatic rings. The lowest BCUT2D eigenvalue weighted by molar-refractivity contribution is 0.0498. The highest BCUT2D eigenvalue weighted by Gasteiger charge is 2.34. The summed E-state index contributed by atoms with van der Waals surface area (Å²) in [4.78, 5) is 24.2. The molecular weight excluding hydrogens is 436 g/mol. The molecule has 1 N–H and O–H groups in total. The van der Waals surface area contributed by atoms with Gasteiger partial charge in [0.2, 0.25) is 0 Å². The number of carbonyl (C=O) groups is 1. The molecule has 5 rings (SSSR count). The summed E-state index contributed by atoms with van der Waals surface area (Å²) in [6.45, 7) is 10.9. The first kappa shape index (κ1) is 23.5. The molecule has 7 nitrogen and oxygen atoms in total. The maximum Gasteiger partial charge on any atom is 0.256 e. The number of aryl methyl sites for hydroxylation is 1. The molecule has 2 unspecified atom stereocenters. The molecule has 1 aromatic heterocycles. The number of likely N-dealkylation sites (N-methyl/N-ethyl adjacent to an activating group) is 1. The van der Waals surface area contributed by atoms with E-state index in [1.54, 1.807) is 0 Å². The van der Waals surface area contributed by atoms with Crippen molar-refractivity contribution in [2.24, 2.45) is 11.8 Å². The van der Waals surface area contributed by atoms with Gasteiger partial charge in [0.25, 0.3) is 5.91 Å². The number of aromatic amines is 1. The van der Waals surface area contributed by atoms with Gasteiger partial charge in [-0.3, -0.25) is 4.79 Å². The lowest BCUT2D eigenvalue weighted by Crippen LogP contribution is -2.49. The molecule has 2 aliphatic heterocycles. The topological polar surface area (TPSA) is 68.4 Å². The quantitative estimate of drug-likeness (QED) is 0.596. The average molecular weight is 473 g/mol. The molecular formula is C28H36N6O. The molecule has 35 heavy (non-hydrogen) atoms. The summed E-state index contributed by atoms with van der Waals surface area (Å²) in [5.74, 6) is 2.89. The number of carbonyl (C=O) groups excluding carboxylic acids is 1. The van der Waals surface area contributed by atoms with Crippen LogP contribution in [0.2, 0.25) is 0 Å². The fourth-order valence-electron chi connectivity index (χ4n) is 5.43. The first-order valence-corrected chi connectivity index (χ1v) is 12.7. The Labute approximate surface area is 208 Å². The molecule has 2 atom stereocenters. The minimum Gasteiger partial charge on any atom is -0.371 e. The van der Waals surface area contributed by atoms with Crippen LogP contribution in [-0.2, 0) is 0 Å². The van der Waals surface area contributed by atoms with Gasteiger partial charge in [-0.1, -0.05) is 50.2 Å². The van der Waals surface area contributed by atoms with Gasteiger partial charge in [-0.05, 0) is 49.9 Å². The lowest BCUT2D eigenvalue weighted by Gasteiger charge is -2.41. The molecule has 3 aromatic rings.